The maximum atomic E-state index is 11.3. The smallest absolute Gasteiger partial charge is 1.00 e. The number of halogens is 9. The molecule has 7 aromatic rings. The van der Waals surface area contributed by atoms with Gasteiger partial charge < -0.3 is 56.2 Å². The molecule has 1 fully saturated rings. The molecule has 5 aliphatic rings. The fraction of sp³-hybridized carbons (Fsp3) is 0.412. The van der Waals surface area contributed by atoms with Gasteiger partial charge in [-0.05, 0) is 178 Å². The van der Waals surface area contributed by atoms with Crippen LogP contribution in [0.25, 0.3) is 0 Å². The van der Waals surface area contributed by atoms with Gasteiger partial charge in [-0.1, -0.05) is 159 Å². The van der Waals surface area contributed by atoms with Crippen LogP contribution in [0.5, 0.6) is 0 Å². The molecule has 0 bridgehead atoms. The number of carboxylic acid groups (broad SMARTS) is 2. The number of aliphatic hydroxyl groups is 2. The first-order chi connectivity index (χ1) is 61.8. The number of nitro groups is 5. The second-order valence-corrected chi connectivity index (χ2v) is 39.2. The Kier molecular flexibility index (Phi) is 74.4. The van der Waals surface area contributed by atoms with E-state index in [1.165, 1.54) is 90.6 Å². The third-order valence-electron chi connectivity index (χ3n) is 19.1. The zero-order chi connectivity index (χ0) is 98.4. The molecule has 0 saturated carbocycles. The summed E-state index contributed by atoms with van der Waals surface area (Å²) in [6, 6.07) is 35.2. The summed E-state index contributed by atoms with van der Waals surface area (Å²) in [6.45, 7) is 9.38. The van der Waals surface area contributed by atoms with Gasteiger partial charge in [0.1, 0.15) is 24.4 Å². The average Bonchev–Trinajstić information content (AvgIpc) is 1.79. The first-order valence-electron chi connectivity index (χ1n) is 39.7. The van der Waals surface area contributed by atoms with E-state index in [2.05, 4.69) is 78.3 Å². The monoisotopic (exact) mass is 2330 g/mol. The van der Waals surface area contributed by atoms with Crippen molar-refractivity contribution in [1.29, 1.82) is 0 Å². The molecule has 2 unspecified atom stereocenters. The molecule has 132 heavy (non-hydrogen) atoms. The number of benzene rings is 7. The number of nitro benzene ring substituents is 5. The Hall–Kier alpha value is -7.01. The fourth-order valence-electron chi connectivity index (χ4n) is 12.8. The molecule has 1 heterocycles. The van der Waals surface area contributed by atoms with E-state index >= 15 is 0 Å². The van der Waals surface area contributed by atoms with Gasteiger partial charge in [0.15, 0.2) is 15.6 Å². The van der Waals surface area contributed by atoms with Gasteiger partial charge in [0.25, 0.3) is 34.9 Å². The van der Waals surface area contributed by atoms with E-state index in [0.717, 1.165) is 115 Å². The predicted octanol–water partition coefficient (Wildman–Crippen LogP) is 14.9. The van der Waals surface area contributed by atoms with Crippen molar-refractivity contribution in [2.45, 2.75) is 184 Å². The summed E-state index contributed by atoms with van der Waals surface area (Å²) in [5, 5.41) is 97.8. The zero-order valence-electron chi connectivity index (χ0n) is 72.8. The zero-order valence-corrected chi connectivity index (χ0v) is 89.0. The van der Waals surface area contributed by atoms with Crippen LogP contribution >= 0.6 is 102 Å². The topological polar surface area (TPSA) is 545 Å². The molecule has 1 saturated heterocycles. The summed E-state index contributed by atoms with van der Waals surface area (Å²) in [4.78, 5) is 138. The van der Waals surface area contributed by atoms with Crippen molar-refractivity contribution in [3.63, 3.8) is 0 Å². The van der Waals surface area contributed by atoms with E-state index in [1.807, 2.05) is 36.4 Å². The summed E-state index contributed by atoms with van der Waals surface area (Å²) in [6.07, 6.45) is 15.9. The van der Waals surface area contributed by atoms with E-state index in [1.54, 1.807) is 44.2 Å². The molecule has 1 aliphatic heterocycles. The van der Waals surface area contributed by atoms with Crippen LogP contribution in [-0.4, -0.2) is 170 Å². The second-order valence-electron chi connectivity index (χ2n) is 27.7. The number of nitrogen functional groups attached to an aromatic ring is 2. The summed E-state index contributed by atoms with van der Waals surface area (Å²) in [5.74, 6) is -2.78. The van der Waals surface area contributed by atoms with Crippen molar-refractivity contribution < 1.29 is 137 Å². The number of fused-ring (bicyclic) bond motifs is 4. The molecule has 7 radical (unpaired) electrons. The number of hydrogen-bond donors (Lipinski definition) is 6. The molecule has 47 heteroatoms. The van der Waals surface area contributed by atoms with Crippen molar-refractivity contribution in [3.05, 3.63) is 256 Å². The Morgan fingerprint density at radius 1 is 0.492 bits per heavy atom. The quantitative estimate of drug-likeness (QED) is 0.00444. The number of carbonyl (C=O) groups excluding carboxylic acids is 6. The normalized spacial score (nSPS) is 13.6. The molecule has 0 aromatic heterocycles. The first kappa shape index (κ1) is 129. The minimum absolute atomic E-state index is 0. The summed E-state index contributed by atoms with van der Waals surface area (Å²) < 4.78 is 13.3. The number of carboxylic acids is 2. The van der Waals surface area contributed by atoms with Crippen molar-refractivity contribution >= 4 is 236 Å². The molecule has 4 aliphatic carbocycles. The van der Waals surface area contributed by atoms with Crippen LogP contribution in [0.15, 0.2) is 127 Å². The van der Waals surface area contributed by atoms with Crippen molar-refractivity contribution in [2.75, 3.05) is 37.9 Å². The van der Waals surface area contributed by atoms with E-state index in [-0.39, 0.29) is 120 Å². The number of esters is 2. The summed E-state index contributed by atoms with van der Waals surface area (Å²) in [5.41, 5.74) is 23.4. The first-order valence-corrected chi connectivity index (χ1v) is 57.7. The molecule has 7 aromatic carbocycles. The van der Waals surface area contributed by atoms with Crippen LogP contribution < -0.4 is 46.3 Å². The van der Waals surface area contributed by atoms with Crippen molar-refractivity contribution in [2.24, 2.45) is 11.8 Å². The van der Waals surface area contributed by atoms with Gasteiger partial charge in [-0.15, -0.1) is 0 Å². The Morgan fingerprint density at radius 3 is 1.18 bits per heavy atom. The number of ketones is 3. The SMILES string of the molecule is C1CCOC1.CC1CCc2cccc(N)c2CC1.CC1CCc2cccc([N+](=O)[O-])c2CC1.CCOC(=O)CC(=O)CC(=O)OCC.ClC(Cl)Cl.Nc1cccc2c1CCC(=O)CC2.O=C(O)c1cccc([N+](=O)[O-])c1C(=O)O.O=C1CCc2cccc([N+](=O)[O-])c2CC1.O=CO[O-].O=[N+]([O-])c1cccc(CBr)c1CBr.O=[N+]([O-])c1cccc(CO)c1CO.[B].[Cl][Sn][Cl].[Cl][Sn][Cl].[Na+]. The maximum Gasteiger partial charge on any atom is 1.00 e. The molecule has 8 N–H and O–H groups in total. The number of aryl methyl sites for hydroxylation is 4. The van der Waals surface area contributed by atoms with E-state index in [0.29, 0.717) is 72.1 Å². The predicted molar refractivity (Wildman–Crippen MR) is 510 cm³/mol. The number of rotatable bonds is 18. The van der Waals surface area contributed by atoms with Crippen LogP contribution in [-0.2, 0) is 123 Å². The third kappa shape index (κ3) is 52.3. The molecular weight excluding hydrogens is 2230 g/mol. The number of nitrogens with zero attached hydrogens (tertiary/aromatic N) is 5. The molecule has 0 amide bonds. The van der Waals surface area contributed by atoms with Crippen LogP contribution in [0.3, 0.4) is 0 Å². The molecule has 0 spiro atoms. The largest absolute Gasteiger partial charge is 1.00 e. The van der Waals surface area contributed by atoms with Crippen molar-refractivity contribution in [1.82, 2.24) is 0 Å². The number of alkyl halides is 5. The summed E-state index contributed by atoms with van der Waals surface area (Å²) in [7, 11) is 19.7. The summed E-state index contributed by atoms with van der Waals surface area (Å²) >= 11 is 19.3. The Labute approximate surface area is 854 Å². The van der Waals surface area contributed by atoms with Gasteiger partial charge >= 0.3 is 127 Å². The van der Waals surface area contributed by atoms with Gasteiger partial charge in [-0.3, -0.25) is 79.3 Å². The molecular formula is C85H101BBr2Cl7N7NaO27Sn2. The van der Waals surface area contributed by atoms with Crippen LogP contribution in [0, 0.1) is 62.4 Å². The number of Topliss-reactive ketones (excluding diaryl/α,β-unsaturated/α-hetero) is 3. The second kappa shape index (κ2) is 76.1. The van der Waals surface area contributed by atoms with E-state index in [4.69, 9.17) is 117 Å². The maximum absolute atomic E-state index is 11.3. The number of aliphatic hydroxyl groups excluding tert-OH is 2. The molecule has 2 atom stereocenters. The van der Waals surface area contributed by atoms with E-state index < -0.39 is 105 Å². The van der Waals surface area contributed by atoms with Gasteiger partial charge in [-0.2, -0.15) is 0 Å². The number of nitrogens with two attached hydrogens (primary N) is 2. The Bertz CT molecular complexity index is 4670. The molecule has 12 rings (SSSR count). The molecule has 713 valence electrons. The minimum Gasteiger partial charge on any atom is 1.00 e. The Balaban J connectivity index is -0.00000140. The van der Waals surface area contributed by atoms with E-state index in [9.17, 15) is 84.1 Å². The number of anilines is 2. The standard InChI is InChI=1S/C12H15NO2.C12H17N.C11H11NO3.C11H13NO.C9H14O5.C8H7Br2NO2.C8H5NO6.C8H9NO4.C4H8O.CHCl3.CH2O3.B.4ClH.Na.2Sn/c1-9-5-7-10-3-2-4-12(13(14)15)11(10)8-6-9;1-9-5-7-10-3-2-4-12(13)11(10)8-6-9;13-9-5-4-8-2-1-3-11(12(14)15)10(8)7-6-9;12-11-3-1-2-8-4-5-9(13)6-7-10(8)11;1-3-13-8(11)5-7(10)6-9(12)14-4-2;9-4-6-2-1-3-8(11(12)13)7(6)5-10;10-7(11)4-2-1-3-5(9(14)15)6(4)8(12)13;10-4-6-2-1-3-8(9(12)13)7(6)5-11;1-2-4-5-3-1;2-1(3)4;2-1-4-3;;;;;;;;/h2-4,9H,5-8H2,1H3;2-4,9H,5-8,13H2,1H3;1-3H,4-7H2;1-3H,4-7,12H2;3-6H2,1-2H3;1-3H,4-5H2;1-3H,(H,10,11)(H,12,13);1-3,10-11H,4-5H2;1-4H2;1H;1,3H;;4*1H;;;/q;;;;;;;;;;;;;;;;+1;2*+2/p-5. The fourth-order valence-corrected chi connectivity index (χ4v) is 14.0. The average molecular weight is 2330 g/mol. The van der Waals surface area contributed by atoms with Crippen molar-refractivity contribution in [3.8, 4) is 0 Å². The van der Waals surface area contributed by atoms with Gasteiger partial charge in [0.05, 0.1) is 62.2 Å². The van der Waals surface area contributed by atoms with Crippen LogP contribution in [0.4, 0.5) is 39.8 Å². The van der Waals surface area contributed by atoms with Crippen LogP contribution in [0.2, 0.25) is 0 Å². The number of aromatic carboxylic acids is 2. The van der Waals surface area contributed by atoms with Gasteiger partial charge in [0.2, 0.25) is 0 Å². The minimum atomic E-state index is -1.64. The Morgan fingerprint density at radius 2 is 0.818 bits per heavy atom. The molecule has 34 nitrogen and oxygen atoms in total. The van der Waals surface area contributed by atoms with Gasteiger partial charge in [-0.25, -0.2) is 9.59 Å². The van der Waals surface area contributed by atoms with Crippen LogP contribution in [0.1, 0.15) is 192 Å². The number of ether oxygens (including phenoxy) is 3. The third-order valence-corrected chi connectivity index (χ3v) is 20.3. The number of carbonyl (C=O) groups is 8. The van der Waals surface area contributed by atoms with Gasteiger partial charge in [0, 0.05) is 116 Å². The number of hydrogen-bond acceptors (Lipinski definition) is 27.